The van der Waals surface area contributed by atoms with E-state index in [0.29, 0.717) is 12.4 Å². The highest BCUT2D eigenvalue weighted by Crippen LogP contribution is 2.38. The van der Waals surface area contributed by atoms with Crippen molar-refractivity contribution in [2.75, 3.05) is 13.1 Å². The van der Waals surface area contributed by atoms with E-state index in [9.17, 15) is 4.39 Å². The first-order chi connectivity index (χ1) is 12.7. The standard InChI is InChI=1S/C20H20FNO2S2/c21-17-10-15-12-23-19(14-6-2-1-3-7-14)24-18(15)16(11-17)13-26-20(25)22-8-4-5-9-22/h1-3,6-7,10-11,19H,4-5,8-9,12-13H2/t19-/m0/s1. The molecule has 0 aromatic heterocycles. The quantitative estimate of drug-likeness (QED) is 0.683. The molecule has 2 aliphatic heterocycles. The Labute approximate surface area is 162 Å². The van der Waals surface area contributed by atoms with Crippen LogP contribution in [0.5, 0.6) is 5.75 Å². The largest absolute Gasteiger partial charge is 0.460 e. The molecular weight excluding hydrogens is 369 g/mol. The van der Waals surface area contributed by atoms with Crippen LogP contribution in [0.1, 0.15) is 35.8 Å². The van der Waals surface area contributed by atoms with Crippen LogP contribution < -0.4 is 4.74 Å². The van der Waals surface area contributed by atoms with Crippen LogP contribution in [-0.2, 0) is 17.1 Å². The van der Waals surface area contributed by atoms with Gasteiger partial charge in [-0.05, 0) is 25.0 Å². The maximum Gasteiger partial charge on any atom is 0.227 e. The van der Waals surface area contributed by atoms with Gasteiger partial charge in [-0.1, -0.05) is 54.3 Å². The summed E-state index contributed by atoms with van der Waals surface area (Å²) in [7, 11) is 0. The van der Waals surface area contributed by atoms with Crippen LogP contribution in [0.4, 0.5) is 4.39 Å². The highest BCUT2D eigenvalue weighted by molar-refractivity contribution is 8.22. The summed E-state index contributed by atoms with van der Waals surface area (Å²) in [5.41, 5.74) is 2.53. The molecule has 2 aromatic carbocycles. The second-order valence-corrected chi connectivity index (χ2v) is 8.08. The smallest absolute Gasteiger partial charge is 0.227 e. The zero-order valence-electron chi connectivity index (χ0n) is 14.3. The van der Waals surface area contributed by atoms with Gasteiger partial charge in [-0.3, -0.25) is 0 Å². The van der Waals surface area contributed by atoms with E-state index in [-0.39, 0.29) is 5.82 Å². The minimum atomic E-state index is -0.469. The molecule has 0 amide bonds. The van der Waals surface area contributed by atoms with E-state index in [1.54, 1.807) is 17.8 Å². The summed E-state index contributed by atoms with van der Waals surface area (Å²) in [4.78, 5) is 2.22. The third kappa shape index (κ3) is 3.87. The van der Waals surface area contributed by atoms with E-state index in [2.05, 4.69) is 4.90 Å². The molecule has 2 aliphatic rings. The molecule has 1 saturated heterocycles. The summed E-state index contributed by atoms with van der Waals surface area (Å²) in [5.74, 6) is 1.05. The summed E-state index contributed by atoms with van der Waals surface area (Å²) in [6.45, 7) is 2.38. The predicted molar refractivity (Wildman–Crippen MR) is 106 cm³/mol. The van der Waals surface area contributed by atoms with Crippen molar-refractivity contribution in [1.29, 1.82) is 0 Å². The molecule has 0 saturated carbocycles. The monoisotopic (exact) mass is 389 g/mol. The van der Waals surface area contributed by atoms with Gasteiger partial charge in [-0.25, -0.2) is 4.39 Å². The lowest BCUT2D eigenvalue weighted by atomic mass is 10.1. The van der Waals surface area contributed by atoms with E-state index < -0.39 is 6.29 Å². The molecule has 0 N–H and O–H groups in total. The van der Waals surface area contributed by atoms with E-state index in [0.717, 1.165) is 39.8 Å². The maximum atomic E-state index is 14.0. The van der Waals surface area contributed by atoms with Crippen LogP contribution in [0.25, 0.3) is 0 Å². The highest BCUT2D eigenvalue weighted by Gasteiger charge is 2.25. The number of thioether (sulfide) groups is 1. The molecule has 0 radical (unpaired) electrons. The normalized spacial score (nSPS) is 19.1. The first-order valence-electron chi connectivity index (χ1n) is 8.77. The van der Waals surface area contributed by atoms with Crippen LogP contribution in [-0.4, -0.2) is 22.3 Å². The van der Waals surface area contributed by atoms with Gasteiger partial charge in [0.1, 0.15) is 15.9 Å². The van der Waals surface area contributed by atoms with E-state index in [1.165, 1.54) is 18.9 Å². The van der Waals surface area contributed by atoms with Gasteiger partial charge in [0.25, 0.3) is 0 Å². The van der Waals surface area contributed by atoms with Crippen LogP contribution in [0.15, 0.2) is 42.5 Å². The third-order valence-corrected chi connectivity index (χ3v) is 6.18. The number of halogens is 1. The molecule has 0 spiro atoms. The van der Waals surface area contributed by atoms with Crippen molar-refractivity contribution in [1.82, 2.24) is 4.90 Å². The number of hydrogen-bond acceptors (Lipinski definition) is 4. The second kappa shape index (κ2) is 7.94. The molecule has 6 heteroatoms. The van der Waals surface area contributed by atoms with Crippen molar-refractivity contribution in [3.63, 3.8) is 0 Å². The molecule has 0 unspecified atom stereocenters. The van der Waals surface area contributed by atoms with E-state index in [4.69, 9.17) is 21.7 Å². The Morgan fingerprint density at radius 3 is 2.73 bits per heavy atom. The predicted octanol–water partition coefficient (Wildman–Crippen LogP) is 5.05. The minimum Gasteiger partial charge on any atom is -0.460 e. The summed E-state index contributed by atoms with van der Waals surface area (Å²) >= 11 is 7.11. The van der Waals surface area contributed by atoms with Crippen molar-refractivity contribution >= 4 is 28.3 Å². The Balaban J connectivity index is 1.52. The van der Waals surface area contributed by atoms with Gasteiger partial charge in [0.05, 0.1) is 6.61 Å². The molecule has 1 atom stereocenters. The van der Waals surface area contributed by atoms with Gasteiger partial charge in [0, 0.05) is 35.5 Å². The lowest BCUT2D eigenvalue weighted by Gasteiger charge is -2.28. The Kier molecular flexibility index (Phi) is 5.43. The van der Waals surface area contributed by atoms with Gasteiger partial charge in [0.15, 0.2) is 0 Å². The third-order valence-electron chi connectivity index (χ3n) is 4.61. The first kappa shape index (κ1) is 17.8. The number of fused-ring (bicyclic) bond motifs is 1. The van der Waals surface area contributed by atoms with Crippen molar-refractivity contribution < 1.29 is 13.9 Å². The lowest BCUT2D eigenvalue weighted by Crippen LogP contribution is -2.23. The van der Waals surface area contributed by atoms with Crippen LogP contribution in [0.3, 0.4) is 0 Å². The van der Waals surface area contributed by atoms with Gasteiger partial charge < -0.3 is 14.4 Å². The molecular formula is C20H20FNO2S2. The summed E-state index contributed by atoms with van der Waals surface area (Å²) in [5, 5.41) is 0. The Hall–Kier alpha value is -1.63. The number of nitrogens with zero attached hydrogens (tertiary/aromatic N) is 1. The molecule has 136 valence electrons. The molecule has 26 heavy (non-hydrogen) atoms. The number of benzene rings is 2. The Bertz CT molecular complexity index is 794. The second-order valence-electron chi connectivity index (χ2n) is 6.47. The van der Waals surface area contributed by atoms with Gasteiger partial charge in [-0.2, -0.15) is 0 Å². The zero-order valence-corrected chi connectivity index (χ0v) is 16.0. The fraction of sp³-hybridized carbons (Fsp3) is 0.350. The fourth-order valence-corrected chi connectivity index (χ4v) is 4.51. The topological polar surface area (TPSA) is 21.7 Å². The SMILES string of the molecule is Fc1cc2c(c(CSC(=S)N3CCCC3)c1)O[C@@H](c1ccccc1)OC2. The Morgan fingerprint density at radius 1 is 1.19 bits per heavy atom. The molecule has 2 aromatic rings. The van der Waals surface area contributed by atoms with Crippen molar-refractivity contribution in [2.45, 2.75) is 31.5 Å². The van der Waals surface area contributed by atoms with Crippen LogP contribution in [0.2, 0.25) is 0 Å². The molecule has 4 rings (SSSR count). The van der Waals surface area contributed by atoms with Crippen molar-refractivity contribution in [2.24, 2.45) is 0 Å². The summed E-state index contributed by atoms with van der Waals surface area (Å²) in [6, 6.07) is 12.8. The molecule has 0 bridgehead atoms. The van der Waals surface area contributed by atoms with Crippen molar-refractivity contribution in [3.05, 3.63) is 65.0 Å². The van der Waals surface area contributed by atoms with Gasteiger partial charge in [-0.15, -0.1) is 0 Å². The first-order valence-corrected chi connectivity index (χ1v) is 10.2. The number of hydrogen-bond donors (Lipinski definition) is 0. The van der Waals surface area contributed by atoms with Gasteiger partial charge in [0.2, 0.25) is 6.29 Å². The minimum absolute atomic E-state index is 0.267. The highest BCUT2D eigenvalue weighted by atomic mass is 32.2. The molecule has 0 aliphatic carbocycles. The number of thiocarbonyl (C=S) groups is 1. The number of likely N-dealkylation sites (tertiary alicyclic amines) is 1. The lowest BCUT2D eigenvalue weighted by molar-refractivity contribution is -0.112. The molecule has 3 nitrogen and oxygen atoms in total. The van der Waals surface area contributed by atoms with E-state index in [1.807, 2.05) is 30.3 Å². The van der Waals surface area contributed by atoms with Crippen LogP contribution >= 0.6 is 24.0 Å². The summed E-state index contributed by atoms with van der Waals surface area (Å²) in [6.07, 6.45) is 1.91. The molecule has 1 fully saturated rings. The Morgan fingerprint density at radius 2 is 1.96 bits per heavy atom. The average Bonchev–Trinajstić information content (AvgIpc) is 3.21. The average molecular weight is 390 g/mol. The maximum absolute atomic E-state index is 14.0. The van der Waals surface area contributed by atoms with Crippen molar-refractivity contribution in [3.8, 4) is 5.75 Å². The number of rotatable bonds is 3. The zero-order chi connectivity index (χ0) is 17.9. The summed E-state index contributed by atoms with van der Waals surface area (Å²) < 4.78 is 26.8. The van der Waals surface area contributed by atoms with E-state index >= 15 is 0 Å². The van der Waals surface area contributed by atoms with Gasteiger partial charge >= 0.3 is 0 Å². The number of ether oxygens (including phenoxy) is 2. The van der Waals surface area contributed by atoms with Crippen LogP contribution in [0, 0.1) is 5.82 Å². The molecule has 2 heterocycles. The fourth-order valence-electron chi connectivity index (χ4n) is 3.29.